The highest BCUT2D eigenvalue weighted by Crippen LogP contribution is 2.56. The van der Waals surface area contributed by atoms with Gasteiger partial charge in [-0.15, -0.1) is 6.58 Å². The van der Waals surface area contributed by atoms with Crippen LogP contribution in [-0.2, 0) is 15.8 Å². The van der Waals surface area contributed by atoms with E-state index in [2.05, 4.69) is 86.2 Å². The van der Waals surface area contributed by atoms with Crippen molar-refractivity contribution in [1.82, 2.24) is 0 Å². The van der Waals surface area contributed by atoms with E-state index in [1.807, 2.05) is 12.1 Å². The van der Waals surface area contributed by atoms with E-state index in [4.69, 9.17) is 9.16 Å². The topological polar surface area (TPSA) is 38.7 Å². The van der Waals surface area contributed by atoms with Crippen LogP contribution in [-0.4, -0.2) is 31.7 Å². The molecular formula is C33H56O3Si. The minimum Gasteiger partial charge on any atom is -0.416 e. The number of hydrogen-bond acceptors (Lipinski definition) is 3. The lowest BCUT2D eigenvalue weighted by atomic mass is 9.51. The van der Waals surface area contributed by atoms with Crippen molar-refractivity contribution in [3.8, 4) is 0 Å². The lowest BCUT2D eigenvalue weighted by Crippen LogP contribution is -2.63. The van der Waals surface area contributed by atoms with E-state index in [1.165, 1.54) is 12.0 Å². The van der Waals surface area contributed by atoms with E-state index < -0.39 is 13.9 Å². The highest BCUT2D eigenvalue weighted by Gasteiger charge is 2.59. The van der Waals surface area contributed by atoms with Crippen molar-refractivity contribution in [2.45, 2.75) is 122 Å². The van der Waals surface area contributed by atoms with Crippen molar-refractivity contribution in [2.75, 3.05) is 6.61 Å². The molecule has 0 bridgehead atoms. The molecule has 0 saturated heterocycles. The van der Waals surface area contributed by atoms with Crippen LogP contribution in [0.4, 0.5) is 0 Å². The minimum absolute atomic E-state index is 0.0517. The second-order valence-electron chi connectivity index (χ2n) is 13.3. The molecule has 7 atom stereocenters. The first kappa shape index (κ1) is 30.6. The van der Waals surface area contributed by atoms with Gasteiger partial charge in [0.15, 0.2) is 8.32 Å². The molecule has 0 amide bonds. The summed E-state index contributed by atoms with van der Waals surface area (Å²) in [6, 6.07) is 10.4. The van der Waals surface area contributed by atoms with Crippen LogP contribution in [0.5, 0.6) is 0 Å². The fraction of sp³-hybridized carbons (Fsp3) is 0.758. The van der Waals surface area contributed by atoms with Gasteiger partial charge in [0.05, 0.1) is 18.3 Å². The quantitative estimate of drug-likeness (QED) is 0.218. The van der Waals surface area contributed by atoms with E-state index in [9.17, 15) is 5.11 Å². The molecule has 3 unspecified atom stereocenters. The van der Waals surface area contributed by atoms with E-state index >= 15 is 0 Å². The molecule has 0 radical (unpaired) electrons. The minimum atomic E-state index is -1.95. The predicted octanol–water partition coefficient (Wildman–Crippen LogP) is 8.78. The number of benzene rings is 1. The van der Waals surface area contributed by atoms with Crippen LogP contribution < -0.4 is 0 Å². The van der Waals surface area contributed by atoms with Gasteiger partial charge in [-0.2, -0.15) is 0 Å². The highest BCUT2D eigenvalue weighted by atomic mass is 28.4. The molecule has 3 nitrogen and oxygen atoms in total. The molecule has 2 fully saturated rings. The Morgan fingerprint density at radius 2 is 1.59 bits per heavy atom. The molecule has 3 rings (SSSR count). The zero-order valence-corrected chi connectivity index (χ0v) is 26.1. The second-order valence-corrected chi connectivity index (χ2v) is 18.8. The van der Waals surface area contributed by atoms with Gasteiger partial charge in [0.25, 0.3) is 0 Å². The third-order valence-electron chi connectivity index (χ3n) is 10.3. The van der Waals surface area contributed by atoms with Crippen molar-refractivity contribution in [1.29, 1.82) is 0 Å². The average molecular weight is 529 g/mol. The van der Waals surface area contributed by atoms with E-state index in [0.29, 0.717) is 41.0 Å². The van der Waals surface area contributed by atoms with Crippen molar-refractivity contribution in [3.63, 3.8) is 0 Å². The Labute approximate surface area is 229 Å². The van der Waals surface area contributed by atoms with E-state index in [1.54, 1.807) is 0 Å². The fourth-order valence-corrected chi connectivity index (χ4v) is 14.2. The van der Waals surface area contributed by atoms with Gasteiger partial charge in [-0.25, -0.2) is 0 Å². The summed E-state index contributed by atoms with van der Waals surface area (Å²) in [6.45, 7) is 24.3. The summed E-state index contributed by atoms with van der Waals surface area (Å²) < 4.78 is 13.7. The van der Waals surface area contributed by atoms with Crippen molar-refractivity contribution < 1.29 is 14.3 Å². The van der Waals surface area contributed by atoms with Crippen LogP contribution in [0.25, 0.3) is 0 Å². The van der Waals surface area contributed by atoms with Crippen LogP contribution >= 0.6 is 0 Å². The molecule has 1 aromatic carbocycles. The molecule has 2 aliphatic rings. The first-order valence-corrected chi connectivity index (χ1v) is 17.3. The summed E-state index contributed by atoms with van der Waals surface area (Å²) >= 11 is 0. The third kappa shape index (κ3) is 6.13. The number of allylic oxidation sites excluding steroid dienone is 1. The zero-order chi connectivity index (χ0) is 27.4. The molecule has 1 N–H and O–H groups in total. The first-order valence-electron chi connectivity index (χ1n) is 15.1. The maximum atomic E-state index is 12.8. The predicted molar refractivity (Wildman–Crippen MR) is 159 cm³/mol. The fourth-order valence-electron chi connectivity index (χ4n) is 8.64. The van der Waals surface area contributed by atoms with E-state index in [0.717, 1.165) is 32.3 Å². The number of rotatable bonds is 12. The largest absolute Gasteiger partial charge is 0.416 e. The standard InChI is InChI=1S/C33H56O3Si/c1-10-14-31-32(35-22-28-15-12-11-13-16-28)20-19-29-26(8)17-18-30(33(29,31)34)27(9)21-36-37(23(2)3,24(4)5)25(6)7/h10-13,15-16,23-27,29-32,34H,1,14,17-22H2,2-9H3/t26-,27+,29+,30+,31?,32?,33?/m0/s1. The molecule has 0 spiro atoms. The lowest BCUT2D eigenvalue weighted by molar-refractivity contribution is -0.223. The molecule has 2 saturated carbocycles. The molecule has 0 heterocycles. The van der Waals surface area contributed by atoms with Crippen LogP contribution in [0.3, 0.4) is 0 Å². The van der Waals surface area contributed by atoms with Crippen LogP contribution in [0.15, 0.2) is 43.0 Å². The summed E-state index contributed by atoms with van der Waals surface area (Å²) in [4.78, 5) is 0. The first-order chi connectivity index (χ1) is 17.5. The maximum absolute atomic E-state index is 12.8. The zero-order valence-electron chi connectivity index (χ0n) is 25.1. The summed E-state index contributed by atoms with van der Waals surface area (Å²) in [5, 5.41) is 12.8. The summed E-state index contributed by atoms with van der Waals surface area (Å²) in [5.41, 5.74) is 2.16. The van der Waals surface area contributed by atoms with Gasteiger partial charge >= 0.3 is 0 Å². The molecule has 210 valence electrons. The molecule has 4 heteroatoms. The Hall–Kier alpha value is -0.943. The highest BCUT2D eigenvalue weighted by molar-refractivity contribution is 6.77. The van der Waals surface area contributed by atoms with Gasteiger partial charge < -0.3 is 14.3 Å². The molecule has 0 aliphatic heterocycles. The maximum Gasteiger partial charge on any atom is 0.200 e. The average Bonchev–Trinajstić information content (AvgIpc) is 2.84. The van der Waals surface area contributed by atoms with Crippen molar-refractivity contribution in [2.24, 2.45) is 29.6 Å². The summed E-state index contributed by atoms with van der Waals surface area (Å²) in [7, 11) is -1.95. The number of ether oxygens (including phenoxy) is 1. The molecule has 37 heavy (non-hydrogen) atoms. The number of aliphatic hydroxyl groups is 1. The SMILES string of the molecule is C=CCC1C(OCc2ccccc2)CC[C@@H]2[C@@H](C)CC[C@H]([C@H](C)CO[Si](C(C)C)(C(C)C)C(C)C)C12O. The molecular weight excluding hydrogens is 472 g/mol. The van der Waals surface area contributed by atoms with Gasteiger partial charge in [0, 0.05) is 12.5 Å². The number of fused-ring (bicyclic) bond motifs is 1. The molecule has 1 aromatic rings. The van der Waals surface area contributed by atoms with E-state index in [-0.39, 0.29) is 17.9 Å². The monoisotopic (exact) mass is 528 g/mol. The summed E-state index contributed by atoms with van der Waals surface area (Å²) in [5.74, 6) is 1.46. The van der Waals surface area contributed by atoms with Gasteiger partial charge in [0.1, 0.15) is 0 Å². The second kappa shape index (κ2) is 12.9. The van der Waals surface area contributed by atoms with Gasteiger partial charge in [-0.3, -0.25) is 0 Å². The summed E-state index contributed by atoms with van der Waals surface area (Å²) in [6.07, 6.45) is 7.18. The van der Waals surface area contributed by atoms with Crippen molar-refractivity contribution in [3.05, 3.63) is 48.6 Å². The van der Waals surface area contributed by atoms with Gasteiger partial charge in [-0.05, 0) is 78.0 Å². The van der Waals surface area contributed by atoms with Gasteiger partial charge in [0.2, 0.25) is 0 Å². The normalized spacial score (nSPS) is 31.5. The molecule has 0 aromatic heterocycles. The van der Waals surface area contributed by atoms with Crippen molar-refractivity contribution >= 4 is 8.32 Å². The Bertz CT molecular complexity index is 815. The smallest absolute Gasteiger partial charge is 0.200 e. The Morgan fingerprint density at radius 1 is 0.973 bits per heavy atom. The third-order valence-corrected chi connectivity index (χ3v) is 16.4. The Morgan fingerprint density at radius 3 is 2.16 bits per heavy atom. The Kier molecular flexibility index (Phi) is 10.7. The van der Waals surface area contributed by atoms with Crippen LogP contribution in [0, 0.1) is 29.6 Å². The van der Waals surface area contributed by atoms with Crippen LogP contribution in [0.2, 0.25) is 16.6 Å². The Balaban J connectivity index is 1.86. The van der Waals surface area contributed by atoms with Gasteiger partial charge in [-0.1, -0.05) is 91.8 Å². The number of hydrogen-bond donors (Lipinski definition) is 1. The lowest BCUT2D eigenvalue weighted by Gasteiger charge is -2.59. The van der Waals surface area contributed by atoms with Crippen LogP contribution in [0.1, 0.15) is 93.1 Å². The molecule has 2 aliphatic carbocycles.